The second kappa shape index (κ2) is 9.10. The number of carbonyl (C=O) groups is 1. The molecule has 1 amide bonds. The fourth-order valence-corrected chi connectivity index (χ4v) is 3.51. The van der Waals surface area contributed by atoms with Crippen molar-refractivity contribution in [1.82, 2.24) is 9.62 Å². The zero-order valence-electron chi connectivity index (χ0n) is 15.8. The Morgan fingerprint density at radius 1 is 1.07 bits per heavy atom. The van der Waals surface area contributed by atoms with Crippen LogP contribution in [0.2, 0.25) is 0 Å². The van der Waals surface area contributed by atoms with Crippen LogP contribution in [0.5, 0.6) is 0 Å². The Balaban J connectivity index is 1.93. The molecule has 0 atom stereocenters. The maximum Gasteiger partial charge on any atom is 0.251 e. The number of hydrogen-bond acceptors (Lipinski definition) is 3. The van der Waals surface area contributed by atoms with Gasteiger partial charge in [-0.05, 0) is 55.2 Å². The van der Waals surface area contributed by atoms with Gasteiger partial charge in [0.25, 0.3) is 5.91 Å². The molecule has 0 bridgehead atoms. The lowest BCUT2D eigenvalue weighted by Gasteiger charge is -2.20. The molecule has 2 aromatic rings. The molecule has 0 saturated carbocycles. The highest BCUT2D eigenvalue weighted by Crippen LogP contribution is 2.11. The van der Waals surface area contributed by atoms with Gasteiger partial charge in [-0.2, -0.15) is 0 Å². The van der Waals surface area contributed by atoms with Crippen molar-refractivity contribution < 1.29 is 17.6 Å². The van der Waals surface area contributed by atoms with Gasteiger partial charge in [-0.15, -0.1) is 0 Å². The largest absolute Gasteiger partial charge is 0.351 e. The summed E-state index contributed by atoms with van der Waals surface area (Å²) < 4.78 is 38.9. The Bertz CT molecular complexity index is 913. The van der Waals surface area contributed by atoms with Crippen molar-refractivity contribution in [1.29, 1.82) is 0 Å². The van der Waals surface area contributed by atoms with Gasteiger partial charge in [-0.3, -0.25) is 4.79 Å². The van der Waals surface area contributed by atoms with Crippen molar-refractivity contribution in [3.63, 3.8) is 0 Å². The Kier molecular flexibility index (Phi) is 7.10. The summed E-state index contributed by atoms with van der Waals surface area (Å²) in [5.74, 6) is -0.602. The molecule has 2 aromatic carbocycles. The number of carbonyl (C=O) groups excluding carboxylic acids is 1. The molecule has 0 saturated heterocycles. The standard InChI is InChI=1S/C20H25FN2O3S/c1-15-8-9-18(14-16(15)2)20(24)22-11-13-23(27(3,25)26)12-10-17-6-4-5-7-19(17)21/h4-9,14H,10-13H2,1-3H3,(H,22,24). The third kappa shape index (κ3) is 6.15. The number of aryl methyl sites for hydroxylation is 2. The molecule has 2 rings (SSSR count). The van der Waals surface area contributed by atoms with Crippen LogP contribution in [0.1, 0.15) is 27.0 Å². The molecule has 146 valence electrons. The third-order valence-electron chi connectivity index (χ3n) is 4.47. The molecule has 5 nitrogen and oxygen atoms in total. The minimum Gasteiger partial charge on any atom is -0.351 e. The normalized spacial score (nSPS) is 11.6. The zero-order chi connectivity index (χ0) is 20.0. The fraction of sp³-hybridized carbons (Fsp3) is 0.350. The van der Waals surface area contributed by atoms with Gasteiger partial charge in [-0.1, -0.05) is 24.3 Å². The highest BCUT2D eigenvalue weighted by Gasteiger charge is 2.17. The van der Waals surface area contributed by atoms with Crippen molar-refractivity contribution in [3.05, 3.63) is 70.5 Å². The van der Waals surface area contributed by atoms with E-state index in [9.17, 15) is 17.6 Å². The summed E-state index contributed by atoms with van der Waals surface area (Å²) in [5, 5.41) is 2.74. The summed E-state index contributed by atoms with van der Waals surface area (Å²) in [5.41, 5.74) is 3.12. The molecule has 7 heteroatoms. The summed E-state index contributed by atoms with van der Waals surface area (Å²) in [7, 11) is -3.46. The topological polar surface area (TPSA) is 66.5 Å². The van der Waals surface area contributed by atoms with Gasteiger partial charge in [0.1, 0.15) is 5.82 Å². The van der Waals surface area contributed by atoms with Gasteiger partial charge in [0, 0.05) is 25.2 Å². The van der Waals surface area contributed by atoms with Crippen LogP contribution >= 0.6 is 0 Å². The molecule has 0 heterocycles. The van der Waals surface area contributed by atoms with E-state index in [4.69, 9.17) is 0 Å². The number of hydrogen-bond donors (Lipinski definition) is 1. The van der Waals surface area contributed by atoms with Gasteiger partial charge in [0.05, 0.1) is 6.26 Å². The molecule has 0 fully saturated rings. The first-order chi connectivity index (χ1) is 12.7. The summed E-state index contributed by atoms with van der Waals surface area (Å²) in [6, 6.07) is 11.7. The Morgan fingerprint density at radius 2 is 1.78 bits per heavy atom. The molecule has 0 aromatic heterocycles. The van der Waals surface area contributed by atoms with Crippen LogP contribution in [-0.2, 0) is 16.4 Å². The second-order valence-corrected chi connectivity index (χ2v) is 8.54. The summed E-state index contributed by atoms with van der Waals surface area (Å²) in [6.07, 6.45) is 1.38. The molecule has 0 aliphatic heterocycles. The predicted octanol–water partition coefficient (Wildman–Crippen LogP) is 2.68. The van der Waals surface area contributed by atoms with Crippen LogP contribution in [0.4, 0.5) is 4.39 Å². The van der Waals surface area contributed by atoms with Gasteiger partial charge in [0.2, 0.25) is 10.0 Å². The van der Waals surface area contributed by atoms with Gasteiger partial charge in [0.15, 0.2) is 0 Å². The first-order valence-electron chi connectivity index (χ1n) is 8.72. The summed E-state index contributed by atoms with van der Waals surface area (Å²) in [4.78, 5) is 12.2. The van der Waals surface area contributed by atoms with Gasteiger partial charge in [-0.25, -0.2) is 17.1 Å². The van der Waals surface area contributed by atoms with E-state index in [-0.39, 0.29) is 37.8 Å². The van der Waals surface area contributed by atoms with Crippen molar-refractivity contribution in [2.45, 2.75) is 20.3 Å². The maximum atomic E-state index is 13.7. The molecule has 27 heavy (non-hydrogen) atoms. The third-order valence-corrected chi connectivity index (χ3v) is 5.78. The molecule has 0 radical (unpaired) electrons. The monoisotopic (exact) mass is 392 g/mol. The summed E-state index contributed by atoms with van der Waals surface area (Å²) >= 11 is 0. The highest BCUT2D eigenvalue weighted by atomic mass is 32.2. The molecule has 1 N–H and O–H groups in total. The Hall–Kier alpha value is -2.25. The second-order valence-electron chi connectivity index (χ2n) is 6.56. The van der Waals surface area contributed by atoms with Crippen LogP contribution < -0.4 is 5.32 Å². The van der Waals surface area contributed by atoms with Crippen LogP contribution in [0.25, 0.3) is 0 Å². The van der Waals surface area contributed by atoms with Crippen LogP contribution in [0.15, 0.2) is 42.5 Å². The molecule has 0 spiro atoms. The number of sulfonamides is 1. The van der Waals surface area contributed by atoms with Crippen molar-refractivity contribution in [2.75, 3.05) is 25.9 Å². The minimum atomic E-state index is -3.46. The number of amides is 1. The molecule has 0 aliphatic rings. The quantitative estimate of drug-likeness (QED) is 0.751. The minimum absolute atomic E-state index is 0.129. The number of halogens is 1. The Labute approximate surface area is 160 Å². The Morgan fingerprint density at radius 3 is 2.41 bits per heavy atom. The van der Waals surface area contributed by atoms with E-state index in [0.717, 1.165) is 17.4 Å². The van der Waals surface area contributed by atoms with E-state index in [1.807, 2.05) is 19.9 Å². The molecule has 0 unspecified atom stereocenters. The van der Waals surface area contributed by atoms with E-state index in [1.54, 1.807) is 30.3 Å². The lowest BCUT2D eigenvalue weighted by Crippen LogP contribution is -2.39. The average molecular weight is 392 g/mol. The first-order valence-corrected chi connectivity index (χ1v) is 10.6. The van der Waals surface area contributed by atoms with Crippen molar-refractivity contribution >= 4 is 15.9 Å². The number of benzene rings is 2. The van der Waals surface area contributed by atoms with E-state index in [1.165, 1.54) is 10.4 Å². The SMILES string of the molecule is Cc1ccc(C(=O)NCCN(CCc2ccccc2F)S(C)(=O)=O)cc1C. The maximum absolute atomic E-state index is 13.7. The van der Waals surface area contributed by atoms with Gasteiger partial charge < -0.3 is 5.32 Å². The number of rotatable bonds is 8. The predicted molar refractivity (Wildman–Crippen MR) is 105 cm³/mol. The molecular weight excluding hydrogens is 367 g/mol. The number of nitrogens with zero attached hydrogens (tertiary/aromatic N) is 1. The van der Waals surface area contributed by atoms with Crippen LogP contribution in [0.3, 0.4) is 0 Å². The van der Waals surface area contributed by atoms with E-state index in [0.29, 0.717) is 11.1 Å². The van der Waals surface area contributed by atoms with Crippen LogP contribution in [0, 0.1) is 19.7 Å². The van der Waals surface area contributed by atoms with E-state index >= 15 is 0 Å². The van der Waals surface area contributed by atoms with E-state index < -0.39 is 10.0 Å². The van der Waals surface area contributed by atoms with Crippen molar-refractivity contribution in [3.8, 4) is 0 Å². The van der Waals surface area contributed by atoms with Crippen LogP contribution in [-0.4, -0.2) is 44.5 Å². The first kappa shape index (κ1) is 21.1. The van der Waals surface area contributed by atoms with Gasteiger partial charge >= 0.3 is 0 Å². The lowest BCUT2D eigenvalue weighted by molar-refractivity contribution is 0.0951. The zero-order valence-corrected chi connectivity index (χ0v) is 16.6. The number of nitrogens with one attached hydrogen (secondary N) is 1. The summed E-state index contributed by atoms with van der Waals surface area (Å²) in [6.45, 7) is 4.36. The smallest absolute Gasteiger partial charge is 0.251 e. The van der Waals surface area contributed by atoms with E-state index in [2.05, 4.69) is 5.32 Å². The fourth-order valence-electron chi connectivity index (χ4n) is 2.67. The highest BCUT2D eigenvalue weighted by molar-refractivity contribution is 7.88. The van der Waals surface area contributed by atoms with Crippen molar-refractivity contribution in [2.24, 2.45) is 0 Å². The molecular formula is C20H25FN2O3S. The average Bonchev–Trinajstić information content (AvgIpc) is 2.60. The lowest BCUT2D eigenvalue weighted by atomic mass is 10.1. The molecule has 0 aliphatic carbocycles.